The van der Waals surface area contributed by atoms with Crippen molar-refractivity contribution in [3.8, 4) is 0 Å². The summed E-state index contributed by atoms with van der Waals surface area (Å²) in [5, 5.41) is 3.09. The van der Waals surface area contributed by atoms with Gasteiger partial charge in [0.1, 0.15) is 11.6 Å². The van der Waals surface area contributed by atoms with Gasteiger partial charge in [0.15, 0.2) is 0 Å². The van der Waals surface area contributed by atoms with E-state index in [4.69, 9.17) is 0 Å². The van der Waals surface area contributed by atoms with Gasteiger partial charge in [0.05, 0.1) is 0 Å². The number of nitrogens with zero attached hydrogens (tertiary/aromatic N) is 2. The summed E-state index contributed by atoms with van der Waals surface area (Å²) in [5.74, 6) is 2.87. The van der Waals surface area contributed by atoms with E-state index in [1.54, 1.807) is 0 Å². The van der Waals surface area contributed by atoms with Crippen molar-refractivity contribution in [2.24, 2.45) is 5.92 Å². The van der Waals surface area contributed by atoms with Crippen LogP contribution in [-0.2, 0) is 0 Å². The second kappa shape index (κ2) is 5.89. The Morgan fingerprint density at radius 1 is 1.29 bits per heavy atom. The van der Waals surface area contributed by atoms with Crippen LogP contribution in [0.2, 0.25) is 0 Å². The van der Waals surface area contributed by atoms with Crippen LogP contribution >= 0.6 is 0 Å². The van der Waals surface area contributed by atoms with Crippen molar-refractivity contribution in [2.75, 3.05) is 30.9 Å². The third-order valence-electron chi connectivity index (χ3n) is 3.64. The number of anilines is 2. The molecule has 3 nitrogen and oxygen atoms in total. The molecule has 0 saturated heterocycles. The quantitative estimate of drug-likeness (QED) is 0.866. The molecule has 0 aliphatic heterocycles. The highest BCUT2D eigenvalue weighted by atomic mass is 15.2. The first-order valence-electron chi connectivity index (χ1n) is 6.65. The van der Waals surface area contributed by atoms with Gasteiger partial charge in [-0.1, -0.05) is 25.3 Å². The molecule has 0 atom stereocenters. The summed E-state index contributed by atoms with van der Waals surface area (Å²) in [6, 6.07) is 6.15. The van der Waals surface area contributed by atoms with Crippen molar-refractivity contribution >= 4 is 11.6 Å². The fourth-order valence-electron chi connectivity index (χ4n) is 2.63. The number of hydrogen-bond donors (Lipinski definition) is 1. The molecule has 2 rings (SSSR count). The molecule has 0 amide bonds. The molecule has 3 heteroatoms. The van der Waals surface area contributed by atoms with Crippen LogP contribution in [0.15, 0.2) is 18.2 Å². The standard InChI is InChI=1S/C14H23N3/c1-15-13-9-6-10-14(16-13)17(2)11-12-7-4-3-5-8-12/h6,9-10,12H,3-5,7-8,11H2,1-2H3,(H,15,16). The van der Waals surface area contributed by atoms with Crippen LogP contribution in [0.3, 0.4) is 0 Å². The van der Waals surface area contributed by atoms with Crippen LogP contribution in [-0.4, -0.2) is 25.6 Å². The predicted octanol–water partition coefficient (Wildman–Crippen LogP) is 3.14. The zero-order chi connectivity index (χ0) is 12.1. The van der Waals surface area contributed by atoms with Gasteiger partial charge >= 0.3 is 0 Å². The van der Waals surface area contributed by atoms with Crippen LogP contribution in [0.4, 0.5) is 11.6 Å². The summed E-state index contributed by atoms with van der Waals surface area (Å²) in [6.07, 6.45) is 7.00. The van der Waals surface area contributed by atoms with E-state index in [-0.39, 0.29) is 0 Å². The Hall–Kier alpha value is -1.25. The second-order valence-electron chi connectivity index (χ2n) is 5.02. The Balaban J connectivity index is 1.95. The van der Waals surface area contributed by atoms with Crippen molar-refractivity contribution in [1.29, 1.82) is 0 Å². The van der Waals surface area contributed by atoms with Gasteiger partial charge in [0.2, 0.25) is 0 Å². The van der Waals surface area contributed by atoms with E-state index < -0.39 is 0 Å². The lowest BCUT2D eigenvalue weighted by molar-refractivity contribution is 0.361. The summed E-state index contributed by atoms with van der Waals surface area (Å²) >= 11 is 0. The SMILES string of the molecule is CNc1cccc(N(C)CC2CCCCC2)n1. The molecular weight excluding hydrogens is 210 g/mol. The number of hydrogen-bond acceptors (Lipinski definition) is 3. The highest BCUT2D eigenvalue weighted by molar-refractivity contribution is 5.46. The largest absolute Gasteiger partial charge is 0.373 e. The Kier molecular flexibility index (Phi) is 4.24. The molecule has 17 heavy (non-hydrogen) atoms. The minimum Gasteiger partial charge on any atom is -0.373 e. The number of aromatic nitrogens is 1. The van der Waals surface area contributed by atoms with Crippen LogP contribution in [0, 0.1) is 5.92 Å². The minimum atomic E-state index is 0.855. The van der Waals surface area contributed by atoms with Gasteiger partial charge in [-0.05, 0) is 30.9 Å². The average molecular weight is 233 g/mol. The van der Waals surface area contributed by atoms with Crippen molar-refractivity contribution < 1.29 is 0 Å². The molecule has 1 fully saturated rings. The predicted molar refractivity (Wildman–Crippen MR) is 73.6 cm³/mol. The van der Waals surface area contributed by atoms with Gasteiger partial charge in [-0.25, -0.2) is 4.98 Å². The van der Waals surface area contributed by atoms with E-state index >= 15 is 0 Å². The maximum atomic E-state index is 4.57. The van der Waals surface area contributed by atoms with Gasteiger partial charge in [-0.15, -0.1) is 0 Å². The van der Waals surface area contributed by atoms with Crippen LogP contribution in [0.1, 0.15) is 32.1 Å². The topological polar surface area (TPSA) is 28.2 Å². The molecule has 0 unspecified atom stereocenters. The van der Waals surface area contributed by atoms with E-state index in [9.17, 15) is 0 Å². The summed E-state index contributed by atoms with van der Waals surface area (Å²) in [6.45, 7) is 1.14. The molecule has 0 aromatic carbocycles. The first kappa shape index (κ1) is 12.2. The molecule has 1 aromatic heterocycles. The number of pyridine rings is 1. The molecule has 0 spiro atoms. The summed E-state index contributed by atoms with van der Waals surface area (Å²) in [5.41, 5.74) is 0. The average Bonchev–Trinajstić information content (AvgIpc) is 2.40. The first-order chi connectivity index (χ1) is 8.29. The Morgan fingerprint density at radius 2 is 2.06 bits per heavy atom. The fourth-order valence-corrected chi connectivity index (χ4v) is 2.63. The summed E-state index contributed by atoms with van der Waals surface area (Å²) < 4.78 is 0. The number of nitrogens with one attached hydrogen (secondary N) is 1. The zero-order valence-electron chi connectivity index (χ0n) is 10.9. The molecule has 1 saturated carbocycles. The van der Waals surface area contributed by atoms with E-state index in [0.717, 1.165) is 24.1 Å². The van der Waals surface area contributed by atoms with Gasteiger partial charge in [0, 0.05) is 20.6 Å². The maximum absolute atomic E-state index is 4.57. The second-order valence-corrected chi connectivity index (χ2v) is 5.02. The van der Waals surface area contributed by atoms with E-state index in [0.29, 0.717) is 0 Å². The highest BCUT2D eigenvalue weighted by Crippen LogP contribution is 2.25. The molecule has 1 aliphatic rings. The van der Waals surface area contributed by atoms with Gasteiger partial charge in [-0.3, -0.25) is 0 Å². The molecule has 1 aromatic rings. The van der Waals surface area contributed by atoms with Crippen LogP contribution < -0.4 is 10.2 Å². The Morgan fingerprint density at radius 3 is 2.76 bits per heavy atom. The van der Waals surface area contributed by atoms with E-state index in [1.807, 2.05) is 13.1 Å². The van der Waals surface area contributed by atoms with Crippen molar-refractivity contribution in [1.82, 2.24) is 4.98 Å². The lowest BCUT2D eigenvalue weighted by atomic mass is 9.89. The molecule has 1 N–H and O–H groups in total. The van der Waals surface area contributed by atoms with Gasteiger partial charge < -0.3 is 10.2 Å². The third-order valence-corrected chi connectivity index (χ3v) is 3.64. The Labute approximate surface area is 104 Å². The van der Waals surface area contributed by atoms with Gasteiger partial charge in [0.25, 0.3) is 0 Å². The van der Waals surface area contributed by atoms with E-state index in [2.05, 4.69) is 34.4 Å². The molecule has 94 valence electrons. The lowest BCUT2D eigenvalue weighted by Crippen LogP contribution is -2.27. The third kappa shape index (κ3) is 3.35. The summed E-state index contributed by atoms with van der Waals surface area (Å²) in [4.78, 5) is 6.86. The Bertz CT molecular complexity index is 345. The van der Waals surface area contributed by atoms with Crippen LogP contribution in [0.5, 0.6) is 0 Å². The first-order valence-corrected chi connectivity index (χ1v) is 6.65. The monoisotopic (exact) mass is 233 g/mol. The zero-order valence-corrected chi connectivity index (χ0v) is 10.9. The molecular formula is C14H23N3. The molecule has 0 radical (unpaired) electrons. The van der Waals surface area contributed by atoms with Crippen LogP contribution in [0.25, 0.3) is 0 Å². The maximum Gasteiger partial charge on any atom is 0.130 e. The highest BCUT2D eigenvalue weighted by Gasteiger charge is 2.16. The van der Waals surface area contributed by atoms with Crippen molar-refractivity contribution in [2.45, 2.75) is 32.1 Å². The lowest BCUT2D eigenvalue weighted by Gasteiger charge is -2.27. The fraction of sp³-hybridized carbons (Fsp3) is 0.643. The molecule has 0 bridgehead atoms. The molecule has 1 aliphatic carbocycles. The normalized spacial score (nSPS) is 16.8. The minimum absolute atomic E-state index is 0.855. The van der Waals surface area contributed by atoms with Crippen molar-refractivity contribution in [3.05, 3.63) is 18.2 Å². The van der Waals surface area contributed by atoms with Gasteiger partial charge in [-0.2, -0.15) is 0 Å². The number of rotatable bonds is 4. The summed E-state index contributed by atoms with van der Waals surface area (Å²) in [7, 11) is 4.06. The van der Waals surface area contributed by atoms with Crippen molar-refractivity contribution in [3.63, 3.8) is 0 Å². The molecule has 1 heterocycles. The van der Waals surface area contributed by atoms with E-state index in [1.165, 1.54) is 32.1 Å². The smallest absolute Gasteiger partial charge is 0.130 e.